The maximum absolute atomic E-state index is 13.7. The van der Waals surface area contributed by atoms with Gasteiger partial charge in [0.2, 0.25) is 0 Å². The minimum absolute atomic E-state index is 0.234. The summed E-state index contributed by atoms with van der Waals surface area (Å²) in [5.41, 5.74) is 6.72. The molecule has 0 bridgehead atoms. The lowest BCUT2D eigenvalue weighted by molar-refractivity contribution is 0.565. The molecule has 0 aliphatic heterocycles. The lowest BCUT2D eigenvalue weighted by Crippen LogP contribution is -2.26. The summed E-state index contributed by atoms with van der Waals surface area (Å²) in [7, 11) is 0. The fourth-order valence-corrected chi connectivity index (χ4v) is 2.48. The number of rotatable bonds is 4. The van der Waals surface area contributed by atoms with Crippen LogP contribution in [0.25, 0.3) is 0 Å². The van der Waals surface area contributed by atoms with E-state index in [1.807, 2.05) is 0 Å². The number of hydrogen-bond donors (Lipinski definition) is 1. The third kappa shape index (κ3) is 3.69. The van der Waals surface area contributed by atoms with Gasteiger partial charge in [-0.3, -0.25) is 0 Å². The van der Waals surface area contributed by atoms with Crippen molar-refractivity contribution < 1.29 is 8.78 Å². The molecule has 0 fully saturated rings. The van der Waals surface area contributed by atoms with E-state index in [9.17, 15) is 8.78 Å². The van der Waals surface area contributed by atoms with E-state index in [2.05, 4.69) is 0 Å². The van der Waals surface area contributed by atoms with Crippen LogP contribution in [0.15, 0.2) is 36.4 Å². The zero-order valence-corrected chi connectivity index (χ0v) is 12.1. The molecule has 1 nitrogen and oxygen atoms in total. The van der Waals surface area contributed by atoms with E-state index in [1.165, 1.54) is 30.3 Å². The highest BCUT2D eigenvalue weighted by atomic mass is 35.5. The van der Waals surface area contributed by atoms with Crippen LogP contribution in [-0.2, 0) is 12.8 Å². The molecular weight excluding hydrogens is 303 g/mol. The summed E-state index contributed by atoms with van der Waals surface area (Å²) in [6.45, 7) is 0. The lowest BCUT2D eigenvalue weighted by atomic mass is 9.99. The quantitative estimate of drug-likeness (QED) is 0.890. The summed E-state index contributed by atoms with van der Waals surface area (Å²) in [5.74, 6) is -0.774. The van der Waals surface area contributed by atoms with Crippen LogP contribution in [0.4, 0.5) is 8.78 Å². The standard InChI is InChI=1S/C15H13Cl2F2N/c16-10-4-5-14(18)9(6-10)7-11(20)8-12-13(17)2-1-3-15(12)19/h1-6,11H,7-8,20H2. The molecule has 0 aliphatic carbocycles. The molecule has 0 amide bonds. The van der Waals surface area contributed by atoms with E-state index in [0.717, 1.165) is 0 Å². The average molecular weight is 316 g/mol. The molecule has 5 heteroatoms. The zero-order valence-electron chi connectivity index (χ0n) is 10.5. The average Bonchev–Trinajstić information content (AvgIpc) is 2.38. The molecule has 0 heterocycles. The fourth-order valence-electron chi connectivity index (χ4n) is 2.04. The number of nitrogens with two attached hydrogens (primary N) is 1. The van der Waals surface area contributed by atoms with Crippen LogP contribution in [0.1, 0.15) is 11.1 Å². The van der Waals surface area contributed by atoms with Crippen molar-refractivity contribution in [1.29, 1.82) is 0 Å². The molecule has 2 aromatic carbocycles. The van der Waals surface area contributed by atoms with Gasteiger partial charge in [0.05, 0.1) is 0 Å². The van der Waals surface area contributed by atoms with E-state index < -0.39 is 11.9 Å². The predicted molar refractivity (Wildman–Crippen MR) is 78.2 cm³/mol. The number of hydrogen-bond acceptors (Lipinski definition) is 1. The third-order valence-electron chi connectivity index (χ3n) is 3.02. The Bertz CT molecular complexity index is 597. The molecule has 0 spiro atoms. The van der Waals surface area contributed by atoms with Crippen LogP contribution in [0, 0.1) is 11.6 Å². The normalized spacial score (nSPS) is 12.4. The van der Waals surface area contributed by atoms with Gasteiger partial charge in [-0.1, -0.05) is 29.3 Å². The van der Waals surface area contributed by atoms with Crippen LogP contribution < -0.4 is 5.73 Å². The van der Waals surface area contributed by atoms with Crippen LogP contribution >= 0.6 is 23.2 Å². The second-order valence-electron chi connectivity index (χ2n) is 4.60. The minimum Gasteiger partial charge on any atom is -0.327 e. The van der Waals surface area contributed by atoms with Crippen LogP contribution in [0.2, 0.25) is 10.0 Å². The first-order valence-corrected chi connectivity index (χ1v) is 6.85. The SMILES string of the molecule is NC(Cc1cc(Cl)ccc1F)Cc1c(F)cccc1Cl. The second kappa shape index (κ2) is 6.53. The summed E-state index contributed by atoms with van der Waals surface area (Å²) in [5, 5.41) is 0.768. The first-order valence-electron chi connectivity index (χ1n) is 6.09. The van der Waals surface area contributed by atoms with Crippen LogP contribution in [0.3, 0.4) is 0 Å². The van der Waals surface area contributed by atoms with Crippen molar-refractivity contribution in [3.63, 3.8) is 0 Å². The maximum Gasteiger partial charge on any atom is 0.127 e. The smallest absolute Gasteiger partial charge is 0.127 e. The Balaban J connectivity index is 2.13. The molecule has 0 saturated heterocycles. The fraction of sp³-hybridized carbons (Fsp3) is 0.200. The first-order chi connectivity index (χ1) is 9.47. The zero-order chi connectivity index (χ0) is 14.7. The molecule has 106 valence electrons. The highest BCUT2D eigenvalue weighted by Gasteiger charge is 2.14. The van der Waals surface area contributed by atoms with Crippen molar-refractivity contribution in [2.75, 3.05) is 0 Å². The van der Waals surface area contributed by atoms with Gasteiger partial charge in [0, 0.05) is 21.7 Å². The molecule has 2 aromatic rings. The molecular formula is C15H13Cl2F2N. The lowest BCUT2D eigenvalue weighted by Gasteiger charge is -2.14. The van der Waals surface area contributed by atoms with Crippen LogP contribution in [0.5, 0.6) is 0 Å². The maximum atomic E-state index is 13.7. The van der Waals surface area contributed by atoms with Gasteiger partial charge in [0.25, 0.3) is 0 Å². The summed E-state index contributed by atoms with van der Waals surface area (Å²) < 4.78 is 27.3. The van der Waals surface area contributed by atoms with Gasteiger partial charge in [0.15, 0.2) is 0 Å². The second-order valence-corrected chi connectivity index (χ2v) is 5.45. The number of halogens is 4. The summed E-state index contributed by atoms with van der Waals surface area (Å²) in [4.78, 5) is 0. The third-order valence-corrected chi connectivity index (χ3v) is 3.61. The summed E-state index contributed by atoms with van der Waals surface area (Å²) in [6, 6.07) is 8.31. The Labute approximate surface area is 126 Å². The van der Waals surface area contributed by atoms with Gasteiger partial charge in [-0.25, -0.2) is 8.78 Å². The van der Waals surface area contributed by atoms with Crippen molar-refractivity contribution in [2.24, 2.45) is 5.73 Å². The van der Waals surface area contributed by atoms with Gasteiger partial charge >= 0.3 is 0 Å². The Morgan fingerprint density at radius 3 is 2.45 bits per heavy atom. The van der Waals surface area contributed by atoms with Crippen molar-refractivity contribution in [2.45, 2.75) is 18.9 Å². The van der Waals surface area contributed by atoms with E-state index in [4.69, 9.17) is 28.9 Å². The van der Waals surface area contributed by atoms with Gasteiger partial charge in [-0.15, -0.1) is 0 Å². The molecule has 0 saturated carbocycles. The number of benzene rings is 2. The molecule has 20 heavy (non-hydrogen) atoms. The molecule has 2 rings (SSSR count). The largest absolute Gasteiger partial charge is 0.327 e. The van der Waals surface area contributed by atoms with E-state index in [0.29, 0.717) is 21.2 Å². The highest BCUT2D eigenvalue weighted by Crippen LogP contribution is 2.22. The van der Waals surface area contributed by atoms with Gasteiger partial charge in [-0.2, -0.15) is 0 Å². The van der Waals surface area contributed by atoms with E-state index in [-0.39, 0.29) is 18.7 Å². The molecule has 1 atom stereocenters. The molecule has 0 aromatic heterocycles. The highest BCUT2D eigenvalue weighted by molar-refractivity contribution is 6.31. The summed E-state index contributed by atoms with van der Waals surface area (Å²) in [6.07, 6.45) is 0.495. The minimum atomic E-state index is -0.447. The molecule has 0 aliphatic rings. The van der Waals surface area contributed by atoms with Gasteiger partial charge < -0.3 is 5.73 Å². The van der Waals surface area contributed by atoms with E-state index >= 15 is 0 Å². The van der Waals surface area contributed by atoms with Crippen LogP contribution in [-0.4, -0.2) is 6.04 Å². The molecule has 0 radical (unpaired) electrons. The first kappa shape index (κ1) is 15.2. The van der Waals surface area contributed by atoms with Crippen molar-refractivity contribution in [3.05, 3.63) is 69.2 Å². The monoisotopic (exact) mass is 315 g/mol. The molecule has 2 N–H and O–H groups in total. The van der Waals surface area contributed by atoms with Crippen molar-refractivity contribution in [3.8, 4) is 0 Å². The Morgan fingerprint density at radius 1 is 1.00 bits per heavy atom. The Kier molecular flexibility index (Phi) is 4.97. The van der Waals surface area contributed by atoms with Gasteiger partial charge in [0.1, 0.15) is 11.6 Å². The van der Waals surface area contributed by atoms with E-state index in [1.54, 1.807) is 6.07 Å². The predicted octanol–water partition coefficient (Wildman–Crippen LogP) is 4.38. The van der Waals surface area contributed by atoms with Crippen molar-refractivity contribution >= 4 is 23.2 Å². The summed E-state index contributed by atoms with van der Waals surface area (Å²) >= 11 is 11.8. The topological polar surface area (TPSA) is 26.0 Å². The Hall–Kier alpha value is -1.16. The van der Waals surface area contributed by atoms with Gasteiger partial charge in [-0.05, 0) is 48.7 Å². The molecule has 1 unspecified atom stereocenters. The van der Waals surface area contributed by atoms with Crippen molar-refractivity contribution in [1.82, 2.24) is 0 Å². The Morgan fingerprint density at radius 2 is 1.75 bits per heavy atom.